The second-order valence-electron chi connectivity index (χ2n) is 5.01. The van der Waals surface area contributed by atoms with Crippen LogP contribution in [0.3, 0.4) is 0 Å². The highest BCUT2D eigenvalue weighted by atomic mass is 35.5. The number of halogens is 1. The van der Waals surface area contributed by atoms with Crippen LogP contribution < -0.4 is 5.32 Å². The zero-order valence-electron chi connectivity index (χ0n) is 12.3. The van der Waals surface area contributed by atoms with Crippen LogP contribution in [0.15, 0.2) is 17.8 Å². The van der Waals surface area contributed by atoms with E-state index < -0.39 is 0 Å². The molecule has 0 amide bonds. The molecule has 110 valence electrons. The predicted octanol–water partition coefficient (Wildman–Crippen LogP) is 4.21. The summed E-state index contributed by atoms with van der Waals surface area (Å²) in [5.41, 5.74) is 2.42. The van der Waals surface area contributed by atoms with Gasteiger partial charge in [0.2, 0.25) is 0 Å². The average molecular weight is 312 g/mol. The minimum Gasteiger partial charge on any atom is -0.309 e. The van der Waals surface area contributed by atoms with Gasteiger partial charge in [-0.25, -0.2) is 0 Å². The topological polar surface area (TPSA) is 29.9 Å². The summed E-state index contributed by atoms with van der Waals surface area (Å²) >= 11 is 8.18. The van der Waals surface area contributed by atoms with Gasteiger partial charge in [0.15, 0.2) is 0 Å². The molecule has 2 heterocycles. The smallest absolute Gasteiger partial charge is 0.0590 e. The summed E-state index contributed by atoms with van der Waals surface area (Å²) in [6.07, 6.45) is 6.12. The van der Waals surface area contributed by atoms with Crippen LogP contribution in [0.25, 0.3) is 0 Å². The minimum absolute atomic E-state index is 0.274. The minimum atomic E-state index is 0.274. The van der Waals surface area contributed by atoms with E-state index in [4.69, 9.17) is 11.6 Å². The highest BCUT2D eigenvalue weighted by Gasteiger charge is 2.18. The number of rotatable bonds is 7. The summed E-state index contributed by atoms with van der Waals surface area (Å²) in [5, 5.41) is 11.0. The van der Waals surface area contributed by atoms with E-state index in [1.54, 1.807) is 11.3 Å². The molecule has 2 aromatic heterocycles. The summed E-state index contributed by atoms with van der Waals surface area (Å²) in [5.74, 6) is 0. The van der Waals surface area contributed by atoms with Crippen molar-refractivity contribution in [2.75, 3.05) is 6.54 Å². The first-order valence-electron chi connectivity index (χ1n) is 7.13. The van der Waals surface area contributed by atoms with Crippen LogP contribution >= 0.6 is 22.9 Å². The third kappa shape index (κ3) is 3.62. The maximum Gasteiger partial charge on any atom is 0.0590 e. The Morgan fingerprint density at radius 2 is 2.25 bits per heavy atom. The van der Waals surface area contributed by atoms with Crippen molar-refractivity contribution in [2.45, 2.75) is 46.2 Å². The predicted molar refractivity (Wildman–Crippen MR) is 86.7 cm³/mol. The van der Waals surface area contributed by atoms with Gasteiger partial charge in [-0.2, -0.15) is 5.10 Å². The number of nitrogens with zero attached hydrogens (tertiary/aromatic N) is 2. The maximum atomic E-state index is 6.43. The Bertz CT molecular complexity index is 547. The molecule has 0 spiro atoms. The summed E-state index contributed by atoms with van der Waals surface area (Å²) in [6, 6.07) is 0.274. The molecular formula is C15H22ClN3S. The molecule has 1 N–H and O–H groups in total. The third-order valence-electron chi connectivity index (χ3n) is 3.33. The van der Waals surface area contributed by atoms with E-state index in [2.05, 4.69) is 42.8 Å². The van der Waals surface area contributed by atoms with Crippen molar-refractivity contribution in [3.8, 4) is 0 Å². The van der Waals surface area contributed by atoms with Gasteiger partial charge in [-0.1, -0.05) is 18.5 Å². The van der Waals surface area contributed by atoms with E-state index in [0.29, 0.717) is 0 Å². The van der Waals surface area contributed by atoms with Crippen LogP contribution in [0.2, 0.25) is 5.02 Å². The van der Waals surface area contributed by atoms with Gasteiger partial charge in [0.25, 0.3) is 0 Å². The van der Waals surface area contributed by atoms with E-state index >= 15 is 0 Å². The van der Waals surface area contributed by atoms with E-state index in [0.717, 1.165) is 31.0 Å². The number of hydrogen-bond donors (Lipinski definition) is 1. The van der Waals surface area contributed by atoms with Gasteiger partial charge < -0.3 is 5.32 Å². The van der Waals surface area contributed by atoms with Crippen molar-refractivity contribution < 1.29 is 0 Å². The first-order chi connectivity index (χ1) is 9.65. The number of aryl methyl sites for hydroxylation is 2. The van der Waals surface area contributed by atoms with Crippen molar-refractivity contribution >= 4 is 22.9 Å². The van der Waals surface area contributed by atoms with Gasteiger partial charge in [0.1, 0.15) is 0 Å². The van der Waals surface area contributed by atoms with E-state index in [-0.39, 0.29) is 6.04 Å². The Morgan fingerprint density at radius 1 is 1.45 bits per heavy atom. The Balaban J connectivity index is 2.16. The van der Waals surface area contributed by atoms with Crippen molar-refractivity contribution in [3.05, 3.63) is 38.8 Å². The Morgan fingerprint density at radius 3 is 2.80 bits per heavy atom. The molecule has 0 radical (unpaired) electrons. The van der Waals surface area contributed by atoms with Crippen LogP contribution in [-0.4, -0.2) is 16.3 Å². The lowest BCUT2D eigenvalue weighted by atomic mass is 10.1. The molecule has 0 aromatic carbocycles. The van der Waals surface area contributed by atoms with Crippen LogP contribution in [0.5, 0.6) is 0 Å². The van der Waals surface area contributed by atoms with Crippen LogP contribution in [0.4, 0.5) is 0 Å². The molecular weight excluding hydrogens is 290 g/mol. The molecule has 2 rings (SSSR count). The number of thiophene rings is 1. The van der Waals surface area contributed by atoms with Gasteiger partial charge >= 0.3 is 0 Å². The van der Waals surface area contributed by atoms with E-state index in [1.165, 1.54) is 16.0 Å². The monoisotopic (exact) mass is 311 g/mol. The largest absolute Gasteiger partial charge is 0.309 e. The fraction of sp³-hybridized carbons (Fsp3) is 0.533. The van der Waals surface area contributed by atoms with Gasteiger partial charge in [0, 0.05) is 23.7 Å². The lowest BCUT2D eigenvalue weighted by molar-refractivity contribution is 0.536. The van der Waals surface area contributed by atoms with Gasteiger partial charge in [-0.05, 0) is 49.7 Å². The van der Waals surface area contributed by atoms with Crippen molar-refractivity contribution in [1.29, 1.82) is 0 Å². The molecule has 2 aromatic rings. The fourth-order valence-electron chi connectivity index (χ4n) is 2.18. The lowest BCUT2D eigenvalue weighted by Gasteiger charge is -2.17. The molecule has 0 aliphatic carbocycles. The van der Waals surface area contributed by atoms with Crippen LogP contribution in [0.1, 0.15) is 42.3 Å². The lowest BCUT2D eigenvalue weighted by Crippen LogP contribution is -2.23. The summed E-state index contributed by atoms with van der Waals surface area (Å²) in [7, 11) is 0. The molecule has 20 heavy (non-hydrogen) atoms. The van der Waals surface area contributed by atoms with E-state index in [9.17, 15) is 0 Å². The van der Waals surface area contributed by atoms with Gasteiger partial charge in [-0.3, -0.25) is 4.68 Å². The summed E-state index contributed by atoms with van der Waals surface area (Å²) < 4.78 is 1.97. The summed E-state index contributed by atoms with van der Waals surface area (Å²) in [4.78, 5) is 1.24. The molecule has 0 fully saturated rings. The summed E-state index contributed by atoms with van der Waals surface area (Å²) in [6.45, 7) is 8.25. The Labute approximate surface area is 130 Å². The quantitative estimate of drug-likeness (QED) is 0.830. The van der Waals surface area contributed by atoms with Crippen molar-refractivity contribution in [1.82, 2.24) is 15.1 Å². The zero-order valence-corrected chi connectivity index (χ0v) is 13.9. The molecule has 3 nitrogen and oxygen atoms in total. The standard InChI is InChI=1S/C15H22ClN3S/c1-4-6-17-13(15-14(16)11(3)10-20-15)7-12-8-18-19(5-2)9-12/h8-10,13,17H,4-7H2,1-3H3. The normalized spacial score (nSPS) is 12.8. The van der Waals surface area contributed by atoms with Crippen LogP contribution in [-0.2, 0) is 13.0 Å². The van der Waals surface area contributed by atoms with Crippen LogP contribution in [0, 0.1) is 6.92 Å². The molecule has 1 atom stereocenters. The highest BCUT2D eigenvalue weighted by Crippen LogP contribution is 2.34. The van der Waals surface area contributed by atoms with E-state index in [1.807, 2.05) is 10.9 Å². The molecule has 0 saturated carbocycles. The zero-order chi connectivity index (χ0) is 14.5. The van der Waals surface area contributed by atoms with Crippen molar-refractivity contribution in [3.63, 3.8) is 0 Å². The van der Waals surface area contributed by atoms with Gasteiger partial charge in [-0.15, -0.1) is 11.3 Å². The Kier molecular flexibility index (Phi) is 5.64. The first kappa shape index (κ1) is 15.5. The molecule has 5 heteroatoms. The first-order valence-corrected chi connectivity index (χ1v) is 8.39. The number of hydrogen-bond acceptors (Lipinski definition) is 3. The van der Waals surface area contributed by atoms with Gasteiger partial charge in [0.05, 0.1) is 11.2 Å². The molecule has 1 unspecified atom stereocenters. The number of aromatic nitrogens is 2. The number of nitrogens with one attached hydrogen (secondary N) is 1. The second-order valence-corrected chi connectivity index (χ2v) is 6.30. The fourth-order valence-corrected chi connectivity index (χ4v) is 3.58. The maximum absolute atomic E-state index is 6.43. The second kappa shape index (κ2) is 7.25. The average Bonchev–Trinajstić information content (AvgIpc) is 3.03. The molecule has 0 saturated heterocycles. The van der Waals surface area contributed by atoms with Crippen molar-refractivity contribution in [2.24, 2.45) is 0 Å². The SMILES string of the molecule is CCCNC(Cc1cnn(CC)c1)c1scc(C)c1Cl. The highest BCUT2D eigenvalue weighted by molar-refractivity contribution is 7.10. The molecule has 0 bridgehead atoms. The third-order valence-corrected chi connectivity index (χ3v) is 5.16. The molecule has 0 aliphatic heterocycles. The Hall–Kier alpha value is -0.840. The molecule has 0 aliphatic rings.